The van der Waals surface area contributed by atoms with Gasteiger partial charge in [-0.05, 0) is 33.6 Å². The fourth-order valence-corrected chi connectivity index (χ4v) is 7.93. The van der Waals surface area contributed by atoms with Crippen molar-refractivity contribution in [3.63, 3.8) is 0 Å². The number of unbranched alkanes of at least 4 members (excludes halogenated alkanes) is 8. The maximum Gasteiger partial charge on any atom is 0.500 e. The maximum absolute atomic E-state index is 5.79. The van der Waals surface area contributed by atoms with Gasteiger partial charge in [-0.1, -0.05) is 65.2 Å². The molecule has 0 N–H and O–H groups in total. The Balaban J connectivity index is 0. The van der Waals surface area contributed by atoms with Crippen LogP contribution in [0.25, 0.3) is 0 Å². The van der Waals surface area contributed by atoms with Crippen molar-refractivity contribution in [2.45, 2.75) is 111 Å². The highest BCUT2D eigenvalue weighted by Gasteiger charge is 2.39. The summed E-state index contributed by atoms with van der Waals surface area (Å²) < 4.78 is 33.4. The molecule has 0 aromatic carbocycles. The molecule has 190 valence electrons. The predicted octanol–water partition coefficient (Wildman–Crippen LogP) is 6.84. The molecule has 31 heavy (non-hydrogen) atoms. The highest BCUT2D eigenvalue weighted by atomic mass is 28.4. The summed E-state index contributed by atoms with van der Waals surface area (Å²) >= 11 is 0. The number of hydrogen-bond acceptors (Lipinski definition) is 6. The third kappa shape index (κ3) is 17.3. The first-order chi connectivity index (χ1) is 15.0. The van der Waals surface area contributed by atoms with Crippen molar-refractivity contribution in [2.75, 3.05) is 41.2 Å². The summed E-state index contributed by atoms with van der Waals surface area (Å²) in [6.45, 7) is 12.5. The van der Waals surface area contributed by atoms with Crippen LogP contribution in [-0.2, 0) is 26.6 Å². The van der Waals surface area contributed by atoms with E-state index in [2.05, 4.69) is 13.8 Å². The first-order valence-electron chi connectivity index (χ1n) is 12.6. The number of hydrogen-bond donors (Lipinski definition) is 0. The Morgan fingerprint density at radius 1 is 0.419 bits per heavy atom. The van der Waals surface area contributed by atoms with Crippen LogP contribution < -0.4 is 0 Å². The van der Waals surface area contributed by atoms with Crippen molar-refractivity contribution in [2.24, 2.45) is 0 Å². The SMILES string of the molecule is CCCCCCCC[Si](OC)(OC)OC.CCCCCC[Si](OCC)(OCC)OCC. The average Bonchev–Trinajstić information content (AvgIpc) is 2.78. The van der Waals surface area contributed by atoms with E-state index in [1.165, 1.54) is 51.4 Å². The molecule has 0 amide bonds. The first kappa shape index (κ1) is 33.4. The Hall–Kier alpha value is 0.194. The van der Waals surface area contributed by atoms with Crippen LogP contribution in [0.5, 0.6) is 0 Å². The van der Waals surface area contributed by atoms with E-state index >= 15 is 0 Å². The minimum atomic E-state index is -2.35. The maximum atomic E-state index is 5.79. The standard InChI is InChI=1S/C12H28O3Si.C11H26O3Si/c1-5-9-10-11-12-16(13-6-2,14-7-3)15-8-4;1-5-6-7-8-9-10-11-15(12-2,13-3)14-4/h5-12H2,1-4H3;5-11H2,1-4H3. The molecule has 0 saturated heterocycles. The molecule has 0 aromatic heterocycles. The highest BCUT2D eigenvalue weighted by Crippen LogP contribution is 2.20. The van der Waals surface area contributed by atoms with E-state index in [9.17, 15) is 0 Å². The van der Waals surface area contributed by atoms with Crippen molar-refractivity contribution in [3.8, 4) is 0 Å². The lowest BCUT2D eigenvalue weighted by atomic mass is 10.1. The quantitative estimate of drug-likeness (QED) is 0.132. The van der Waals surface area contributed by atoms with Crippen molar-refractivity contribution < 1.29 is 26.6 Å². The molecule has 0 unspecified atom stereocenters. The molecule has 0 heterocycles. The highest BCUT2D eigenvalue weighted by molar-refractivity contribution is 6.61. The molecule has 0 rings (SSSR count). The Morgan fingerprint density at radius 3 is 1.10 bits per heavy atom. The molecule has 8 heteroatoms. The van der Waals surface area contributed by atoms with E-state index in [4.69, 9.17) is 26.6 Å². The second-order valence-corrected chi connectivity index (χ2v) is 13.4. The van der Waals surface area contributed by atoms with Crippen molar-refractivity contribution >= 4 is 17.6 Å². The van der Waals surface area contributed by atoms with Crippen LogP contribution in [-0.4, -0.2) is 58.8 Å². The van der Waals surface area contributed by atoms with Gasteiger partial charge in [0.15, 0.2) is 0 Å². The Morgan fingerprint density at radius 2 is 0.742 bits per heavy atom. The van der Waals surface area contributed by atoms with Crippen LogP contribution in [0.1, 0.15) is 98.8 Å². The van der Waals surface area contributed by atoms with Crippen molar-refractivity contribution in [3.05, 3.63) is 0 Å². The van der Waals surface area contributed by atoms with E-state index in [1.54, 1.807) is 21.3 Å². The molecule has 0 spiro atoms. The smallest absolute Gasteiger partial charge is 0.377 e. The number of rotatable bonds is 21. The van der Waals surface area contributed by atoms with Gasteiger partial charge in [0, 0.05) is 53.2 Å². The van der Waals surface area contributed by atoms with Gasteiger partial charge in [-0.3, -0.25) is 0 Å². The van der Waals surface area contributed by atoms with Gasteiger partial charge in [-0.15, -0.1) is 0 Å². The van der Waals surface area contributed by atoms with E-state index < -0.39 is 17.6 Å². The zero-order valence-corrected chi connectivity index (χ0v) is 24.1. The van der Waals surface area contributed by atoms with Gasteiger partial charge in [-0.2, -0.15) is 0 Å². The van der Waals surface area contributed by atoms with Crippen molar-refractivity contribution in [1.29, 1.82) is 0 Å². The molecule has 0 aliphatic carbocycles. The first-order valence-corrected chi connectivity index (χ1v) is 16.4. The molecule has 0 aliphatic heterocycles. The molecule has 0 fully saturated rings. The van der Waals surface area contributed by atoms with Crippen LogP contribution in [0.3, 0.4) is 0 Å². The molecule has 0 saturated carbocycles. The van der Waals surface area contributed by atoms with Gasteiger partial charge in [0.2, 0.25) is 0 Å². The molecule has 0 bridgehead atoms. The summed E-state index contributed by atoms with van der Waals surface area (Å²) in [6.07, 6.45) is 12.7. The third-order valence-electron chi connectivity index (χ3n) is 5.20. The zero-order chi connectivity index (χ0) is 23.8. The van der Waals surface area contributed by atoms with Crippen LogP contribution in [0.15, 0.2) is 0 Å². The Bertz CT molecular complexity index is 332. The lowest BCUT2D eigenvalue weighted by Gasteiger charge is -2.28. The fraction of sp³-hybridized carbons (Fsp3) is 1.00. The van der Waals surface area contributed by atoms with Crippen LogP contribution >= 0.6 is 0 Å². The Labute approximate surface area is 196 Å². The third-order valence-corrected chi connectivity index (χ3v) is 11.2. The summed E-state index contributed by atoms with van der Waals surface area (Å²) in [4.78, 5) is 0. The fourth-order valence-electron chi connectivity index (χ4n) is 3.45. The van der Waals surface area contributed by atoms with Gasteiger partial charge in [0.05, 0.1) is 0 Å². The molecule has 0 aliphatic rings. The summed E-state index contributed by atoms with van der Waals surface area (Å²) in [6, 6.07) is 1.89. The van der Waals surface area contributed by atoms with Crippen LogP contribution in [0, 0.1) is 0 Å². The summed E-state index contributed by atoms with van der Waals surface area (Å²) in [5, 5.41) is 0. The molecule has 0 radical (unpaired) electrons. The van der Waals surface area contributed by atoms with Gasteiger partial charge < -0.3 is 26.6 Å². The minimum Gasteiger partial charge on any atom is -0.377 e. The van der Waals surface area contributed by atoms with E-state index in [1.807, 2.05) is 20.8 Å². The molecule has 0 aromatic rings. The summed E-state index contributed by atoms with van der Waals surface area (Å²) in [7, 11) is 0.399. The molecule has 6 nitrogen and oxygen atoms in total. The molecule has 0 atom stereocenters. The largest absolute Gasteiger partial charge is 0.500 e. The normalized spacial score (nSPS) is 12.0. The minimum absolute atomic E-state index is 0.681. The lowest BCUT2D eigenvalue weighted by molar-refractivity contribution is 0.0706. The predicted molar refractivity (Wildman–Crippen MR) is 135 cm³/mol. The zero-order valence-electron chi connectivity index (χ0n) is 22.1. The van der Waals surface area contributed by atoms with Gasteiger partial charge in [0.1, 0.15) is 0 Å². The Kier molecular flexibility index (Phi) is 25.1. The summed E-state index contributed by atoms with van der Waals surface area (Å²) in [5.41, 5.74) is 0. The second kappa shape index (κ2) is 23.4. The van der Waals surface area contributed by atoms with Crippen molar-refractivity contribution in [1.82, 2.24) is 0 Å². The second-order valence-electron chi connectivity index (χ2n) is 7.61. The van der Waals surface area contributed by atoms with Crippen LogP contribution in [0.2, 0.25) is 12.1 Å². The topological polar surface area (TPSA) is 55.4 Å². The lowest BCUT2D eigenvalue weighted by Crippen LogP contribution is -2.45. The van der Waals surface area contributed by atoms with Crippen LogP contribution in [0.4, 0.5) is 0 Å². The monoisotopic (exact) mass is 482 g/mol. The van der Waals surface area contributed by atoms with E-state index in [0.29, 0.717) is 19.8 Å². The van der Waals surface area contributed by atoms with Gasteiger partial charge in [0.25, 0.3) is 0 Å². The van der Waals surface area contributed by atoms with Gasteiger partial charge in [-0.25, -0.2) is 0 Å². The summed E-state index contributed by atoms with van der Waals surface area (Å²) in [5.74, 6) is 0. The molecular weight excluding hydrogens is 428 g/mol. The van der Waals surface area contributed by atoms with E-state index in [0.717, 1.165) is 24.9 Å². The molecular formula is C23H54O6Si2. The van der Waals surface area contributed by atoms with E-state index in [-0.39, 0.29) is 0 Å². The average molecular weight is 483 g/mol. The van der Waals surface area contributed by atoms with Gasteiger partial charge >= 0.3 is 17.6 Å².